The Morgan fingerprint density at radius 1 is 1.29 bits per heavy atom. The summed E-state index contributed by atoms with van der Waals surface area (Å²) in [6, 6.07) is 3.13. The minimum absolute atomic E-state index is 0.0132. The predicted molar refractivity (Wildman–Crippen MR) is 58.2 cm³/mol. The number of benzene rings is 1. The first-order valence-corrected chi connectivity index (χ1v) is 5.54. The minimum atomic E-state index is -4.39. The molecule has 1 atom stereocenters. The fourth-order valence-electron chi connectivity index (χ4n) is 2.03. The van der Waals surface area contributed by atoms with Gasteiger partial charge in [-0.3, -0.25) is 0 Å². The molecule has 0 saturated heterocycles. The van der Waals surface area contributed by atoms with E-state index in [0.29, 0.717) is 5.56 Å². The predicted octanol–water partition coefficient (Wildman–Crippen LogP) is 3.12. The second kappa shape index (κ2) is 4.22. The average molecular weight is 245 g/mol. The summed E-state index contributed by atoms with van der Waals surface area (Å²) in [5.41, 5.74) is 5.22. The fourth-order valence-corrected chi connectivity index (χ4v) is 2.03. The molecule has 1 saturated carbocycles. The van der Waals surface area contributed by atoms with E-state index >= 15 is 0 Å². The normalized spacial score (nSPS) is 18.8. The lowest BCUT2D eigenvalue weighted by Gasteiger charge is -2.31. The Bertz CT molecular complexity index is 413. The number of hydrogen-bond acceptors (Lipinski definition) is 2. The number of nitrogen functional groups attached to an aromatic ring is 1. The van der Waals surface area contributed by atoms with E-state index in [2.05, 4.69) is 0 Å². The highest BCUT2D eigenvalue weighted by atomic mass is 19.4. The zero-order chi connectivity index (χ0) is 12.6. The van der Waals surface area contributed by atoms with Crippen LogP contribution in [0.3, 0.4) is 0 Å². The maximum absolute atomic E-state index is 12.4. The SMILES string of the molecule is Nc1cc(C(F)(F)F)ccc1C(O)C1CCC1. The van der Waals surface area contributed by atoms with E-state index in [1.165, 1.54) is 6.07 Å². The van der Waals surface area contributed by atoms with Gasteiger partial charge in [0.2, 0.25) is 0 Å². The summed E-state index contributed by atoms with van der Waals surface area (Å²) in [5, 5.41) is 9.95. The quantitative estimate of drug-likeness (QED) is 0.786. The zero-order valence-corrected chi connectivity index (χ0v) is 9.17. The number of anilines is 1. The molecule has 3 N–H and O–H groups in total. The van der Waals surface area contributed by atoms with Crippen molar-refractivity contribution in [1.29, 1.82) is 0 Å². The molecular weight excluding hydrogens is 231 g/mol. The van der Waals surface area contributed by atoms with Crippen LogP contribution in [0.4, 0.5) is 18.9 Å². The van der Waals surface area contributed by atoms with E-state index in [0.717, 1.165) is 31.4 Å². The molecule has 0 spiro atoms. The highest BCUT2D eigenvalue weighted by Crippen LogP contribution is 2.40. The van der Waals surface area contributed by atoms with Crippen LogP contribution in [-0.2, 0) is 6.18 Å². The third-order valence-electron chi connectivity index (χ3n) is 3.33. The van der Waals surface area contributed by atoms with Crippen LogP contribution in [0.25, 0.3) is 0 Å². The van der Waals surface area contributed by atoms with Gasteiger partial charge in [0.1, 0.15) is 0 Å². The first-order chi connectivity index (χ1) is 7.89. The molecule has 1 aromatic rings. The van der Waals surface area contributed by atoms with E-state index in [1.54, 1.807) is 0 Å². The number of nitrogens with two attached hydrogens (primary N) is 1. The summed E-state index contributed by atoms with van der Waals surface area (Å²) < 4.78 is 37.3. The molecule has 0 radical (unpaired) electrons. The van der Waals surface area contributed by atoms with E-state index < -0.39 is 17.8 Å². The Labute approximate surface area is 97.2 Å². The van der Waals surface area contributed by atoms with Gasteiger partial charge in [0.05, 0.1) is 11.7 Å². The smallest absolute Gasteiger partial charge is 0.398 e. The van der Waals surface area contributed by atoms with Gasteiger partial charge in [-0.1, -0.05) is 12.5 Å². The highest BCUT2D eigenvalue weighted by molar-refractivity contribution is 5.51. The van der Waals surface area contributed by atoms with Crippen LogP contribution in [0.15, 0.2) is 18.2 Å². The first kappa shape index (κ1) is 12.2. The Kier molecular flexibility index (Phi) is 3.03. The van der Waals surface area contributed by atoms with Gasteiger partial charge in [-0.15, -0.1) is 0 Å². The van der Waals surface area contributed by atoms with Crippen LogP contribution in [-0.4, -0.2) is 5.11 Å². The summed E-state index contributed by atoms with van der Waals surface area (Å²) in [5.74, 6) is 0.133. The molecule has 0 aliphatic heterocycles. The van der Waals surface area contributed by atoms with Crippen molar-refractivity contribution in [2.75, 3.05) is 5.73 Å². The third-order valence-corrected chi connectivity index (χ3v) is 3.33. The highest BCUT2D eigenvalue weighted by Gasteiger charge is 2.32. The topological polar surface area (TPSA) is 46.2 Å². The molecule has 1 fully saturated rings. The standard InChI is InChI=1S/C12H14F3NO/c13-12(14,15)8-4-5-9(10(16)6-8)11(17)7-2-1-3-7/h4-7,11,17H,1-3,16H2. The molecule has 0 bridgehead atoms. The molecular formula is C12H14F3NO. The van der Waals surface area contributed by atoms with Gasteiger partial charge in [0, 0.05) is 11.3 Å². The van der Waals surface area contributed by atoms with Crippen molar-refractivity contribution in [3.05, 3.63) is 29.3 Å². The van der Waals surface area contributed by atoms with Crippen molar-refractivity contribution >= 4 is 5.69 Å². The van der Waals surface area contributed by atoms with Crippen LogP contribution >= 0.6 is 0 Å². The fraction of sp³-hybridized carbons (Fsp3) is 0.500. The average Bonchev–Trinajstić information content (AvgIpc) is 2.12. The van der Waals surface area contributed by atoms with E-state index in [-0.39, 0.29) is 11.6 Å². The van der Waals surface area contributed by atoms with Gasteiger partial charge in [0.25, 0.3) is 0 Å². The molecule has 94 valence electrons. The number of aliphatic hydroxyl groups is 1. The third kappa shape index (κ3) is 2.39. The van der Waals surface area contributed by atoms with E-state index in [1.807, 2.05) is 0 Å². The molecule has 1 aliphatic rings. The lowest BCUT2D eigenvalue weighted by atomic mass is 9.78. The first-order valence-electron chi connectivity index (χ1n) is 5.54. The summed E-state index contributed by atoms with van der Waals surface area (Å²) in [6.45, 7) is 0. The van der Waals surface area contributed by atoms with Crippen LogP contribution in [0, 0.1) is 5.92 Å². The van der Waals surface area contributed by atoms with Crippen molar-refractivity contribution in [1.82, 2.24) is 0 Å². The zero-order valence-electron chi connectivity index (χ0n) is 9.17. The Morgan fingerprint density at radius 3 is 2.35 bits per heavy atom. The number of aliphatic hydroxyl groups excluding tert-OH is 1. The molecule has 1 unspecified atom stereocenters. The Morgan fingerprint density at radius 2 is 1.94 bits per heavy atom. The van der Waals surface area contributed by atoms with Crippen molar-refractivity contribution < 1.29 is 18.3 Å². The number of halogens is 3. The molecule has 0 heterocycles. The molecule has 17 heavy (non-hydrogen) atoms. The molecule has 0 aromatic heterocycles. The Hall–Kier alpha value is -1.23. The maximum atomic E-state index is 12.4. The monoisotopic (exact) mass is 245 g/mol. The van der Waals surface area contributed by atoms with Crippen molar-refractivity contribution in [3.8, 4) is 0 Å². The lowest BCUT2D eigenvalue weighted by molar-refractivity contribution is -0.137. The van der Waals surface area contributed by atoms with E-state index in [4.69, 9.17) is 5.73 Å². The Balaban J connectivity index is 2.25. The second-order valence-electron chi connectivity index (χ2n) is 4.48. The van der Waals surface area contributed by atoms with Crippen molar-refractivity contribution in [3.63, 3.8) is 0 Å². The molecule has 5 heteroatoms. The molecule has 0 amide bonds. The molecule has 1 aliphatic carbocycles. The summed E-state index contributed by atoms with van der Waals surface area (Å²) in [4.78, 5) is 0. The number of rotatable bonds is 2. The van der Waals surface area contributed by atoms with Gasteiger partial charge < -0.3 is 10.8 Å². The second-order valence-corrected chi connectivity index (χ2v) is 4.48. The van der Waals surface area contributed by atoms with Gasteiger partial charge in [-0.2, -0.15) is 13.2 Å². The molecule has 1 aromatic carbocycles. The van der Waals surface area contributed by atoms with Gasteiger partial charge in [0.15, 0.2) is 0 Å². The molecule has 2 nitrogen and oxygen atoms in total. The van der Waals surface area contributed by atoms with Gasteiger partial charge in [-0.25, -0.2) is 0 Å². The van der Waals surface area contributed by atoms with Gasteiger partial charge >= 0.3 is 6.18 Å². The van der Waals surface area contributed by atoms with Gasteiger partial charge in [-0.05, 0) is 30.9 Å². The molecule has 2 rings (SSSR count). The lowest BCUT2D eigenvalue weighted by Crippen LogP contribution is -2.21. The van der Waals surface area contributed by atoms with Crippen molar-refractivity contribution in [2.45, 2.75) is 31.5 Å². The maximum Gasteiger partial charge on any atom is 0.416 e. The number of hydrogen-bond donors (Lipinski definition) is 2. The minimum Gasteiger partial charge on any atom is -0.398 e. The summed E-state index contributed by atoms with van der Waals surface area (Å²) >= 11 is 0. The van der Waals surface area contributed by atoms with Crippen LogP contribution in [0.2, 0.25) is 0 Å². The summed E-state index contributed by atoms with van der Waals surface area (Å²) in [6.07, 6.45) is -2.27. The summed E-state index contributed by atoms with van der Waals surface area (Å²) in [7, 11) is 0. The van der Waals surface area contributed by atoms with Crippen LogP contribution in [0.1, 0.15) is 36.5 Å². The van der Waals surface area contributed by atoms with Crippen LogP contribution in [0.5, 0.6) is 0 Å². The van der Waals surface area contributed by atoms with Crippen LogP contribution < -0.4 is 5.73 Å². The van der Waals surface area contributed by atoms with Crippen molar-refractivity contribution in [2.24, 2.45) is 5.92 Å². The largest absolute Gasteiger partial charge is 0.416 e. The number of alkyl halides is 3. The van der Waals surface area contributed by atoms with E-state index in [9.17, 15) is 18.3 Å².